The molecular formula is C19H21IN2O3. The van der Waals surface area contributed by atoms with E-state index >= 15 is 0 Å². The molecule has 0 atom stereocenters. The van der Waals surface area contributed by atoms with E-state index in [0.29, 0.717) is 17.7 Å². The van der Waals surface area contributed by atoms with E-state index in [2.05, 4.69) is 40.4 Å². The van der Waals surface area contributed by atoms with Crippen LogP contribution in [0.3, 0.4) is 0 Å². The minimum Gasteiger partial charge on any atom is -0.494 e. The van der Waals surface area contributed by atoms with E-state index in [1.165, 1.54) is 0 Å². The lowest BCUT2D eigenvalue weighted by Crippen LogP contribution is -2.41. The number of carbonyl (C=O) groups is 2. The molecule has 2 N–H and O–H groups in total. The fourth-order valence-corrected chi connectivity index (χ4v) is 2.78. The smallest absolute Gasteiger partial charge is 0.270 e. The van der Waals surface area contributed by atoms with Crippen LogP contribution in [0.1, 0.15) is 46.9 Å². The van der Waals surface area contributed by atoms with E-state index in [0.717, 1.165) is 28.6 Å². The van der Waals surface area contributed by atoms with Crippen molar-refractivity contribution in [2.45, 2.75) is 26.2 Å². The maximum atomic E-state index is 12.1. The van der Waals surface area contributed by atoms with Crippen LogP contribution < -0.4 is 15.6 Å². The van der Waals surface area contributed by atoms with Crippen molar-refractivity contribution in [2.75, 3.05) is 6.61 Å². The summed E-state index contributed by atoms with van der Waals surface area (Å²) >= 11 is 2.08. The highest BCUT2D eigenvalue weighted by Crippen LogP contribution is 2.13. The molecule has 0 spiro atoms. The van der Waals surface area contributed by atoms with Crippen molar-refractivity contribution in [1.82, 2.24) is 10.9 Å². The molecule has 0 unspecified atom stereocenters. The summed E-state index contributed by atoms with van der Waals surface area (Å²) in [7, 11) is 0. The molecule has 0 radical (unpaired) electrons. The molecule has 0 aliphatic carbocycles. The third-order valence-electron chi connectivity index (χ3n) is 3.54. The first kappa shape index (κ1) is 19.2. The fraction of sp³-hybridized carbons (Fsp3) is 0.263. The normalized spacial score (nSPS) is 10.2. The first-order chi connectivity index (χ1) is 12.1. The Labute approximate surface area is 161 Å². The van der Waals surface area contributed by atoms with Gasteiger partial charge in [0.15, 0.2) is 0 Å². The molecule has 2 amide bonds. The van der Waals surface area contributed by atoms with E-state index in [-0.39, 0.29) is 11.8 Å². The van der Waals surface area contributed by atoms with Gasteiger partial charge < -0.3 is 4.74 Å². The van der Waals surface area contributed by atoms with Crippen LogP contribution in [0.5, 0.6) is 5.75 Å². The van der Waals surface area contributed by atoms with Gasteiger partial charge >= 0.3 is 0 Å². The van der Waals surface area contributed by atoms with E-state index in [1.54, 1.807) is 36.4 Å². The van der Waals surface area contributed by atoms with Gasteiger partial charge in [-0.05, 0) is 65.4 Å². The lowest BCUT2D eigenvalue weighted by molar-refractivity contribution is 0.0846. The van der Waals surface area contributed by atoms with Gasteiger partial charge in [-0.25, -0.2) is 0 Å². The molecule has 6 heteroatoms. The number of amides is 2. The summed E-state index contributed by atoms with van der Waals surface area (Å²) in [5.74, 6) is 0.00146. The van der Waals surface area contributed by atoms with Crippen molar-refractivity contribution in [3.8, 4) is 5.75 Å². The highest BCUT2D eigenvalue weighted by molar-refractivity contribution is 14.1. The second-order valence-corrected chi connectivity index (χ2v) is 6.63. The fourth-order valence-electron chi connectivity index (χ4n) is 2.14. The molecule has 0 fully saturated rings. The number of benzene rings is 2. The van der Waals surface area contributed by atoms with Crippen molar-refractivity contribution >= 4 is 34.4 Å². The van der Waals surface area contributed by atoms with Crippen molar-refractivity contribution in [3.63, 3.8) is 0 Å². The number of halogens is 1. The molecule has 5 nitrogen and oxygen atoms in total. The summed E-state index contributed by atoms with van der Waals surface area (Å²) in [4.78, 5) is 24.2. The number of rotatable bonds is 7. The van der Waals surface area contributed by atoms with Crippen LogP contribution >= 0.6 is 22.6 Å². The van der Waals surface area contributed by atoms with Crippen LogP contribution in [-0.4, -0.2) is 18.4 Å². The average molecular weight is 452 g/mol. The molecule has 0 bridgehead atoms. The second-order valence-electron chi connectivity index (χ2n) is 5.47. The minimum absolute atomic E-state index is 0.353. The monoisotopic (exact) mass is 452 g/mol. The molecule has 132 valence electrons. The number of unbranched alkanes of at least 4 members (excludes halogenated alkanes) is 2. The average Bonchev–Trinajstić information content (AvgIpc) is 2.64. The van der Waals surface area contributed by atoms with Crippen molar-refractivity contribution in [3.05, 3.63) is 63.2 Å². The van der Waals surface area contributed by atoms with Crippen LogP contribution in [0.4, 0.5) is 0 Å². The first-order valence-corrected chi connectivity index (χ1v) is 9.27. The summed E-state index contributed by atoms with van der Waals surface area (Å²) in [5, 5.41) is 0. The molecule has 0 aromatic heterocycles. The maximum absolute atomic E-state index is 12.1. The SMILES string of the molecule is CCCCCOc1ccc(C(=O)NNC(=O)c2ccccc2I)cc1. The molecule has 0 heterocycles. The highest BCUT2D eigenvalue weighted by Gasteiger charge is 2.11. The summed E-state index contributed by atoms with van der Waals surface area (Å²) < 4.78 is 6.43. The minimum atomic E-state index is -0.378. The third-order valence-corrected chi connectivity index (χ3v) is 4.48. The van der Waals surface area contributed by atoms with E-state index in [1.807, 2.05) is 12.1 Å². The number of hydrogen-bond donors (Lipinski definition) is 2. The Morgan fingerprint density at radius 3 is 2.32 bits per heavy atom. The largest absolute Gasteiger partial charge is 0.494 e. The first-order valence-electron chi connectivity index (χ1n) is 8.20. The standard InChI is InChI=1S/C19H21IN2O3/c1-2-3-6-13-25-15-11-9-14(10-12-15)18(23)21-22-19(24)16-7-4-5-8-17(16)20/h4-5,7-12H,2-3,6,13H2,1H3,(H,21,23)(H,22,24). The summed E-state index contributed by atoms with van der Waals surface area (Å²) in [6.07, 6.45) is 3.31. The lowest BCUT2D eigenvalue weighted by Gasteiger charge is -2.09. The van der Waals surface area contributed by atoms with Gasteiger partial charge in [0.05, 0.1) is 12.2 Å². The van der Waals surface area contributed by atoms with Gasteiger partial charge in [-0.3, -0.25) is 20.4 Å². The van der Waals surface area contributed by atoms with Crippen molar-refractivity contribution < 1.29 is 14.3 Å². The van der Waals surface area contributed by atoms with Crippen LogP contribution in [0.15, 0.2) is 48.5 Å². The van der Waals surface area contributed by atoms with Gasteiger partial charge in [0, 0.05) is 9.13 Å². The number of hydrazine groups is 1. The van der Waals surface area contributed by atoms with Crippen LogP contribution in [0, 0.1) is 3.57 Å². The van der Waals surface area contributed by atoms with Gasteiger partial charge in [0.2, 0.25) is 0 Å². The predicted molar refractivity (Wildman–Crippen MR) is 106 cm³/mol. The maximum Gasteiger partial charge on any atom is 0.270 e. The Bertz CT molecular complexity index is 717. The zero-order valence-corrected chi connectivity index (χ0v) is 16.2. The number of nitrogens with one attached hydrogen (secondary N) is 2. The van der Waals surface area contributed by atoms with Crippen LogP contribution in [-0.2, 0) is 0 Å². The van der Waals surface area contributed by atoms with E-state index < -0.39 is 0 Å². The topological polar surface area (TPSA) is 67.4 Å². The van der Waals surface area contributed by atoms with Gasteiger partial charge in [-0.1, -0.05) is 31.9 Å². The zero-order chi connectivity index (χ0) is 18.1. The van der Waals surface area contributed by atoms with Gasteiger partial charge in [-0.2, -0.15) is 0 Å². The highest BCUT2D eigenvalue weighted by atomic mass is 127. The Kier molecular flexibility index (Phi) is 7.72. The molecule has 2 aromatic carbocycles. The van der Waals surface area contributed by atoms with Gasteiger partial charge in [0.25, 0.3) is 11.8 Å². The Morgan fingerprint density at radius 1 is 0.960 bits per heavy atom. The molecule has 2 aromatic rings. The third kappa shape index (κ3) is 6.04. The Hall–Kier alpha value is -2.09. The lowest BCUT2D eigenvalue weighted by atomic mass is 10.2. The molecule has 0 saturated heterocycles. The van der Waals surface area contributed by atoms with E-state index in [9.17, 15) is 9.59 Å². The number of hydrogen-bond acceptors (Lipinski definition) is 3. The summed E-state index contributed by atoms with van der Waals surface area (Å²) in [6, 6.07) is 14.0. The molecule has 25 heavy (non-hydrogen) atoms. The molecule has 2 rings (SSSR count). The molecular weight excluding hydrogens is 431 g/mol. The van der Waals surface area contributed by atoms with Crippen LogP contribution in [0.25, 0.3) is 0 Å². The number of ether oxygens (including phenoxy) is 1. The molecule has 0 aliphatic heterocycles. The quantitative estimate of drug-likeness (QED) is 0.380. The van der Waals surface area contributed by atoms with Crippen LogP contribution in [0.2, 0.25) is 0 Å². The Morgan fingerprint density at radius 2 is 1.64 bits per heavy atom. The molecule has 0 saturated carbocycles. The Balaban J connectivity index is 1.84. The van der Waals surface area contributed by atoms with Gasteiger partial charge in [-0.15, -0.1) is 0 Å². The summed E-state index contributed by atoms with van der Waals surface area (Å²) in [6.45, 7) is 2.82. The van der Waals surface area contributed by atoms with Crippen molar-refractivity contribution in [2.24, 2.45) is 0 Å². The molecule has 0 aliphatic rings. The van der Waals surface area contributed by atoms with Gasteiger partial charge in [0.1, 0.15) is 5.75 Å². The predicted octanol–water partition coefficient (Wildman–Crippen LogP) is 3.94. The number of carbonyl (C=O) groups excluding carboxylic acids is 2. The summed E-state index contributed by atoms with van der Waals surface area (Å²) in [5.41, 5.74) is 5.81. The van der Waals surface area contributed by atoms with E-state index in [4.69, 9.17) is 4.74 Å². The zero-order valence-electron chi connectivity index (χ0n) is 14.0. The second kappa shape index (κ2) is 10.0. The van der Waals surface area contributed by atoms with Crippen molar-refractivity contribution in [1.29, 1.82) is 0 Å².